The second-order valence-corrected chi connectivity index (χ2v) is 12.9. The van der Waals surface area contributed by atoms with Crippen molar-refractivity contribution in [3.05, 3.63) is 48.2 Å². The molecule has 2 rings (SSSR count). The highest BCUT2D eigenvalue weighted by Crippen LogP contribution is 2.21. The Morgan fingerprint density at radius 1 is 1.14 bits per heavy atom. The lowest BCUT2D eigenvalue weighted by atomic mass is 10.3. The fourth-order valence-electron chi connectivity index (χ4n) is 2.03. The molecule has 2 aromatic rings. The molecule has 0 bridgehead atoms. The second kappa shape index (κ2) is 5.66. The van der Waals surface area contributed by atoms with Crippen LogP contribution in [0, 0.1) is 0 Å². The Morgan fingerprint density at radius 2 is 1.82 bits per heavy atom. The monoisotopic (exact) mass is 334 g/mol. The molecule has 0 aliphatic carbocycles. The van der Waals surface area contributed by atoms with Crippen LogP contribution in [0.15, 0.2) is 52.5 Å². The Kier molecular flexibility index (Phi) is 4.21. The molecule has 2 N–H and O–H groups in total. The molecule has 0 fully saturated rings. The molecule has 5 nitrogen and oxygen atoms in total. The van der Waals surface area contributed by atoms with Crippen LogP contribution in [-0.2, 0) is 9.84 Å². The van der Waals surface area contributed by atoms with E-state index in [1.165, 1.54) is 24.4 Å². The lowest BCUT2D eigenvalue weighted by Gasteiger charge is -2.17. The quantitative estimate of drug-likeness (QED) is 0.859. The third-order valence-electron chi connectivity index (χ3n) is 3.30. The number of carbonyl (C=O) groups is 1. The molecule has 0 saturated carbocycles. The summed E-state index contributed by atoms with van der Waals surface area (Å²) in [4.78, 5) is 15.4. The molecular weight excluding hydrogens is 316 g/mol. The Balaban J connectivity index is 2.65. The number of nitrogens with two attached hydrogens (primary N) is 1. The number of benzene rings is 1. The molecule has 1 aromatic heterocycles. The predicted molar refractivity (Wildman–Crippen MR) is 87.6 cm³/mol. The van der Waals surface area contributed by atoms with Gasteiger partial charge in [0.15, 0.2) is 5.03 Å². The zero-order chi connectivity index (χ0) is 16.5. The summed E-state index contributed by atoms with van der Waals surface area (Å²) in [6.45, 7) is 6.40. The summed E-state index contributed by atoms with van der Waals surface area (Å²) in [5, 5.41) is 0.723. The molecule has 0 aliphatic heterocycles. The van der Waals surface area contributed by atoms with E-state index >= 15 is 0 Å². The van der Waals surface area contributed by atoms with Crippen molar-refractivity contribution < 1.29 is 13.2 Å². The van der Waals surface area contributed by atoms with Crippen molar-refractivity contribution in [1.29, 1.82) is 0 Å². The minimum Gasteiger partial charge on any atom is -0.366 e. The van der Waals surface area contributed by atoms with E-state index in [0.29, 0.717) is 0 Å². The zero-order valence-electron chi connectivity index (χ0n) is 12.7. The normalized spacial score (nSPS) is 12.1. The van der Waals surface area contributed by atoms with Gasteiger partial charge in [-0.25, -0.2) is 13.4 Å². The number of amides is 1. The summed E-state index contributed by atoms with van der Waals surface area (Å²) < 4.78 is 25.6. The minimum atomic E-state index is -3.89. The molecule has 1 aromatic carbocycles. The van der Waals surface area contributed by atoms with Crippen LogP contribution in [0.4, 0.5) is 0 Å². The van der Waals surface area contributed by atoms with E-state index in [4.69, 9.17) is 5.73 Å². The fraction of sp³-hybridized carbons (Fsp3) is 0.200. The van der Waals surface area contributed by atoms with Crippen molar-refractivity contribution >= 4 is 29.0 Å². The molecule has 0 unspecified atom stereocenters. The number of nitrogens with zero attached hydrogens (tertiary/aromatic N) is 1. The highest BCUT2D eigenvalue weighted by molar-refractivity contribution is 7.91. The third-order valence-corrected chi connectivity index (χ3v) is 7.05. The van der Waals surface area contributed by atoms with Gasteiger partial charge in [-0.3, -0.25) is 4.79 Å². The van der Waals surface area contributed by atoms with Crippen LogP contribution < -0.4 is 10.9 Å². The molecule has 22 heavy (non-hydrogen) atoms. The lowest BCUT2D eigenvalue weighted by molar-refractivity contribution is 0.0996. The summed E-state index contributed by atoms with van der Waals surface area (Å²) in [5.74, 6) is -0.812. The topological polar surface area (TPSA) is 90.1 Å². The van der Waals surface area contributed by atoms with Gasteiger partial charge in [-0.15, -0.1) is 0 Å². The van der Waals surface area contributed by atoms with E-state index in [2.05, 4.69) is 24.6 Å². The predicted octanol–water partition coefficient (Wildman–Crippen LogP) is 1.56. The first-order chi connectivity index (χ1) is 10.1. The number of rotatable bonds is 4. The van der Waals surface area contributed by atoms with Gasteiger partial charge in [0.2, 0.25) is 9.84 Å². The van der Waals surface area contributed by atoms with E-state index in [0.717, 1.165) is 5.19 Å². The van der Waals surface area contributed by atoms with Gasteiger partial charge in [0.1, 0.15) is 0 Å². The van der Waals surface area contributed by atoms with Gasteiger partial charge in [0, 0.05) is 6.20 Å². The van der Waals surface area contributed by atoms with E-state index < -0.39 is 23.8 Å². The van der Waals surface area contributed by atoms with Crippen molar-refractivity contribution in [1.82, 2.24) is 4.98 Å². The van der Waals surface area contributed by atoms with Crippen LogP contribution in [0.5, 0.6) is 0 Å². The largest absolute Gasteiger partial charge is 0.366 e. The maximum absolute atomic E-state index is 12.8. The Hall–Kier alpha value is -1.99. The first-order valence-corrected chi connectivity index (χ1v) is 11.7. The Bertz CT molecular complexity index is 827. The van der Waals surface area contributed by atoms with Crippen molar-refractivity contribution in [2.24, 2.45) is 5.73 Å². The van der Waals surface area contributed by atoms with Crippen LogP contribution >= 0.6 is 0 Å². The molecule has 1 heterocycles. The Morgan fingerprint density at radius 3 is 2.41 bits per heavy atom. The van der Waals surface area contributed by atoms with E-state index in [1.807, 2.05) is 6.07 Å². The molecule has 0 saturated heterocycles. The molecule has 0 radical (unpaired) electrons. The standard InChI is InChI=1S/C15H18N2O3SSi/c1-22(2,3)12-7-4-6-11(10-12)21(19,20)15-13(14(16)18)8-5-9-17-15/h4-10H,1-3H3,(H2,16,18). The van der Waals surface area contributed by atoms with Gasteiger partial charge in [-0.05, 0) is 24.3 Å². The Labute approximate surface area is 131 Å². The lowest BCUT2D eigenvalue weighted by Crippen LogP contribution is -2.37. The van der Waals surface area contributed by atoms with Crippen molar-refractivity contribution in [2.45, 2.75) is 29.6 Å². The van der Waals surface area contributed by atoms with Gasteiger partial charge in [0.05, 0.1) is 18.5 Å². The van der Waals surface area contributed by atoms with Gasteiger partial charge in [0.25, 0.3) is 5.91 Å². The maximum Gasteiger partial charge on any atom is 0.251 e. The van der Waals surface area contributed by atoms with Crippen molar-refractivity contribution in [2.75, 3.05) is 0 Å². The molecule has 0 spiro atoms. The van der Waals surface area contributed by atoms with Gasteiger partial charge in [-0.2, -0.15) is 0 Å². The maximum atomic E-state index is 12.8. The van der Waals surface area contributed by atoms with Gasteiger partial charge < -0.3 is 5.73 Å². The molecule has 7 heteroatoms. The number of hydrogen-bond acceptors (Lipinski definition) is 4. The number of hydrogen-bond donors (Lipinski definition) is 1. The van der Waals surface area contributed by atoms with Crippen LogP contribution in [0.3, 0.4) is 0 Å². The molecule has 0 aliphatic rings. The number of primary amides is 1. The van der Waals surface area contributed by atoms with E-state index in [9.17, 15) is 13.2 Å². The average Bonchev–Trinajstić information content (AvgIpc) is 2.46. The molecule has 116 valence electrons. The highest BCUT2D eigenvalue weighted by Gasteiger charge is 2.26. The summed E-state index contributed by atoms with van der Waals surface area (Å²) in [5.41, 5.74) is 5.16. The second-order valence-electron chi connectivity index (χ2n) is 6.00. The smallest absolute Gasteiger partial charge is 0.251 e. The first kappa shape index (κ1) is 16.4. The number of sulfone groups is 1. The van der Waals surface area contributed by atoms with Crippen LogP contribution in [0.1, 0.15) is 10.4 Å². The summed E-state index contributed by atoms with van der Waals surface area (Å²) in [7, 11) is -5.54. The summed E-state index contributed by atoms with van der Waals surface area (Å²) >= 11 is 0. The van der Waals surface area contributed by atoms with E-state index in [-0.39, 0.29) is 15.5 Å². The SMILES string of the molecule is C[Si](C)(C)c1cccc(S(=O)(=O)c2ncccc2C(N)=O)c1. The average molecular weight is 334 g/mol. The minimum absolute atomic E-state index is 0.0964. The summed E-state index contributed by atoms with van der Waals surface area (Å²) in [6, 6.07) is 9.67. The highest BCUT2D eigenvalue weighted by atomic mass is 32.2. The van der Waals surface area contributed by atoms with Crippen molar-refractivity contribution in [3.8, 4) is 0 Å². The van der Waals surface area contributed by atoms with Gasteiger partial charge in [-0.1, -0.05) is 37.0 Å². The molecule has 1 amide bonds. The van der Waals surface area contributed by atoms with Crippen LogP contribution in [0.2, 0.25) is 19.6 Å². The van der Waals surface area contributed by atoms with Gasteiger partial charge >= 0.3 is 0 Å². The number of aromatic nitrogens is 1. The van der Waals surface area contributed by atoms with Crippen molar-refractivity contribution in [3.63, 3.8) is 0 Å². The third kappa shape index (κ3) is 3.10. The van der Waals surface area contributed by atoms with Crippen LogP contribution in [0.25, 0.3) is 0 Å². The number of carbonyl (C=O) groups excluding carboxylic acids is 1. The molecular formula is C15H18N2O3SSi. The zero-order valence-corrected chi connectivity index (χ0v) is 14.5. The van der Waals surface area contributed by atoms with E-state index in [1.54, 1.807) is 12.1 Å². The van der Waals surface area contributed by atoms with Crippen LogP contribution in [-0.4, -0.2) is 27.4 Å². The number of pyridine rings is 1. The summed E-state index contributed by atoms with van der Waals surface area (Å²) in [6.07, 6.45) is 1.34. The molecule has 0 atom stereocenters. The first-order valence-electron chi connectivity index (χ1n) is 6.74. The fourth-order valence-corrected chi connectivity index (χ4v) is 4.74.